The van der Waals surface area contributed by atoms with Gasteiger partial charge in [0.15, 0.2) is 25.0 Å². The molecule has 0 amide bonds. The van der Waals surface area contributed by atoms with Gasteiger partial charge in [0.1, 0.15) is 0 Å². The molecule has 0 aromatic carbocycles. The molecule has 4 rings (SSSR count). The highest BCUT2D eigenvalue weighted by atomic mass is 28.4. The summed E-state index contributed by atoms with van der Waals surface area (Å²) in [5.74, 6) is 3.45. The third-order valence-electron chi connectivity index (χ3n) is 12.0. The Kier molecular flexibility index (Phi) is 10.2. The van der Waals surface area contributed by atoms with Crippen LogP contribution in [-0.2, 0) is 22.8 Å². The Labute approximate surface area is 262 Å². The first-order chi connectivity index (χ1) is 19.2. The molecule has 5 nitrogen and oxygen atoms in total. The fourth-order valence-electron chi connectivity index (χ4n) is 10.5. The van der Waals surface area contributed by atoms with Crippen molar-refractivity contribution < 1.29 is 22.8 Å². The second kappa shape index (κ2) is 12.3. The van der Waals surface area contributed by atoms with Crippen LogP contribution >= 0.6 is 0 Å². The SMILES string of the molecule is COC(=O)CC[C@@H](C)[C@H]1CC[C@H]2[C@@H]3[C@H](O[Si](C)(C)C)C[C@@H]4C[C@@H](O[Si](C)(C)C)CC[C@]4(C)[C@H]3C[C@@H](O[Si](C)(C)C)[C@]12C. The van der Waals surface area contributed by atoms with Gasteiger partial charge in [-0.1, -0.05) is 20.8 Å². The monoisotopic (exact) mass is 638 g/mol. The van der Waals surface area contributed by atoms with Crippen molar-refractivity contribution in [1.82, 2.24) is 0 Å². The van der Waals surface area contributed by atoms with Crippen LogP contribution in [-0.4, -0.2) is 56.3 Å². The van der Waals surface area contributed by atoms with Gasteiger partial charge in [-0.25, -0.2) is 0 Å². The largest absolute Gasteiger partial charge is 0.469 e. The predicted octanol–water partition coefficient (Wildman–Crippen LogP) is 9.11. The lowest BCUT2D eigenvalue weighted by atomic mass is 9.43. The van der Waals surface area contributed by atoms with Gasteiger partial charge < -0.3 is 18.0 Å². The molecule has 0 aromatic heterocycles. The molecule has 42 heavy (non-hydrogen) atoms. The Bertz CT molecular complexity index is 954. The van der Waals surface area contributed by atoms with Crippen LogP contribution in [0.2, 0.25) is 58.9 Å². The van der Waals surface area contributed by atoms with E-state index in [9.17, 15) is 4.79 Å². The van der Waals surface area contributed by atoms with Gasteiger partial charge in [-0.05, 0) is 157 Å². The van der Waals surface area contributed by atoms with Crippen LogP contribution in [0.3, 0.4) is 0 Å². The molecular weight excluding hydrogens is 573 g/mol. The van der Waals surface area contributed by atoms with E-state index in [4.69, 9.17) is 18.0 Å². The van der Waals surface area contributed by atoms with Crippen molar-refractivity contribution in [2.24, 2.45) is 46.3 Å². The maximum atomic E-state index is 12.1. The van der Waals surface area contributed by atoms with E-state index >= 15 is 0 Å². The molecule has 4 saturated carbocycles. The minimum absolute atomic E-state index is 0.0799. The van der Waals surface area contributed by atoms with Crippen LogP contribution in [0.15, 0.2) is 0 Å². The average molecular weight is 639 g/mol. The number of fused-ring (bicyclic) bond motifs is 5. The molecule has 0 N–H and O–H groups in total. The number of hydrogen-bond acceptors (Lipinski definition) is 5. The molecule has 0 aliphatic heterocycles. The van der Waals surface area contributed by atoms with Crippen molar-refractivity contribution in [3.05, 3.63) is 0 Å². The Morgan fingerprint density at radius 3 is 2.00 bits per heavy atom. The van der Waals surface area contributed by atoms with Crippen LogP contribution in [0, 0.1) is 46.3 Å². The normalized spacial score (nSPS) is 41.5. The van der Waals surface area contributed by atoms with Gasteiger partial charge in [0, 0.05) is 18.6 Å². The summed E-state index contributed by atoms with van der Waals surface area (Å²) < 4.78 is 26.4. The van der Waals surface area contributed by atoms with E-state index in [1.165, 1.54) is 52.1 Å². The first kappa shape index (κ1) is 34.9. The number of esters is 1. The fraction of sp³-hybridized carbons (Fsp3) is 0.971. The smallest absolute Gasteiger partial charge is 0.305 e. The summed E-state index contributed by atoms with van der Waals surface area (Å²) in [6.07, 6.45) is 11.0. The lowest BCUT2D eigenvalue weighted by Crippen LogP contribution is -2.64. The van der Waals surface area contributed by atoms with E-state index < -0.39 is 25.0 Å². The Hall–Kier alpha value is 0.000649. The average Bonchev–Trinajstić information content (AvgIpc) is 3.19. The molecule has 244 valence electrons. The molecule has 4 fully saturated rings. The summed E-state index contributed by atoms with van der Waals surface area (Å²) >= 11 is 0. The number of hydrogen-bond donors (Lipinski definition) is 0. The molecule has 0 heterocycles. The highest BCUT2D eigenvalue weighted by molar-refractivity contribution is 6.70. The first-order valence-corrected chi connectivity index (χ1v) is 27.5. The summed E-state index contributed by atoms with van der Waals surface area (Å²) in [7, 11) is -3.61. The summed E-state index contributed by atoms with van der Waals surface area (Å²) in [6, 6.07) is 0. The van der Waals surface area contributed by atoms with Gasteiger partial charge >= 0.3 is 5.97 Å². The van der Waals surface area contributed by atoms with Crippen LogP contribution in [0.25, 0.3) is 0 Å². The Balaban J connectivity index is 1.72. The number of carbonyl (C=O) groups is 1. The highest BCUT2D eigenvalue weighted by Crippen LogP contribution is 2.69. The first-order valence-electron chi connectivity index (χ1n) is 17.3. The van der Waals surface area contributed by atoms with E-state index in [0.29, 0.717) is 59.6 Å². The molecule has 4 aliphatic rings. The third-order valence-corrected chi connectivity index (χ3v) is 15.0. The third kappa shape index (κ3) is 7.35. The van der Waals surface area contributed by atoms with E-state index in [1.54, 1.807) is 0 Å². The van der Waals surface area contributed by atoms with E-state index in [2.05, 4.69) is 79.7 Å². The van der Waals surface area contributed by atoms with Crippen LogP contribution < -0.4 is 0 Å². The van der Waals surface area contributed by atoms with E-state index in [0.717, 1.165) is 6.42 Å². The highest BCUT2D eigenvalue weighted by Gasteiger charge is 2.67. The molecule has 11 atom stereocenters. The Morgan fingerprint density at radius 2 is 1.43 bits per heavy atom. The molecule has 0 bridgehead atoms. The van der Waals surface area contributed by atoms with Crippen molar-refractivity contribution in [2.45, 2.75) is 156 Å². The van der Waals surface area contributed by atoms with Crippen molar-refractivity contribution in [3.63, 3.8) is 0 Å². The van der Waals surface area contributed by atoms with E-state index in [-0.39, 0.29) is 17.5 Å². The summed E-state index contributed by atoms with van der Waals surface area (Å²) in [5.41, 5.74) is 0.430. The molecular formula is C34H66O5Si3. The van der Waals surface area contributed by atoms with Gasteiger partial charge in [0.2, 0.25) is 0 Å². The zero-order valence-corrected chi connectivity index (χ0v) is 32.6. The lowest BCUT2D eigenvalue weighted by Gasteiger charge is -2.66. The molecule has 8 heteroatoms. The number of carbonyl (C=O) groups excluding carboxylic acids is 1. The van der Waals surface area contributed by atoms with Crippen molar-refractivity contribution in [2.75, 3.05) is 7.11 Å². The standard InChI is InChI=1S/C34H66O5Si3/c1-23(14-17-31(35)36-4)26-15-16-27-32-28(22-30(34(26,27)3)39-42(11,12)13)33(2)19-18-25(37-40(5,6)7)20-24(33)21-29(32)38-41(8,9)10/h23-30,32H,14-22H2,1-13H3/t23-,24+,25+,26-,27+,28+,29-,30-,32+,33+,34-/m1/s1. The van der Waals surface area contributed by atoms with Crippen LogP contribution in [0.4, 0.5) is 0 Å². The van der Waals surface area contributed by atoms with Crippen LogP contribution in [0.5, 0.6) is 0 Å². The number of methoxy groups -OCH3 is 1. The number of rotatable bonds is 10. The van der Waals surface area contributed by atoms with Crippen molar-refractivity contribution >= 4 is 30.9 Å². The topological polar surface area (TPSA) is 54.0 Å². The quantitative estimate of drug-likeness (QED) is 0.176. The maximum Gasteiger partial charge on any atom is 0.305 e. The van der Waals surface area contributed by atoms with Gasteiger partial charge in [-0.3, -0.25) is 4.79 Å². The molecule has 0 unspecified atom stereocenters. The maximum absolute atomic E-state index is 12.1. The van der Waals surface area contributed by atoms with Crippen LogP contribution in [0.1, 0.15) is 78.6 Å². The van der Waals surface area contributed by atoms with Crippen molar-refractivity contribution in [3.8, 4) is 0 Å². The zero-order chi connectivity index (χ0) is 31.5. The van der Waals surface area contributed by atoms with Gasteiger partial charge in [-0.2, -0.15) is 0 Å². The summed E-state index contributed by atoms with van der Waals surface area (Å²) in [5, 5.41) is 0. The molecule has 4 aliphatic carbocycles. The lowest BCUT2D eigenvalue weighted by molar-refractivity contribution is -0.199. The molecule has 0 aromatic rings. The minimum atomic E-state index is -1.79. The second-order valence-electron chi connectivity index (χ2n) is 18.2. The summed E-state index contributed by atoms with van der Waals surface area (Å²) in [6.45, 7) is 29.0. The van der Waals surface area contributed by atoms with Gasteiger partial charge in [-0.15, -0.1) is 0 Å². The zero-order valence-electron chi connectivity index (χ0n) is 29.6. The molecule has 0 radical (unpaired) electrons. The second-order valence-corrected chi connectivity index (χ2v) is 31.6. The Morgan fingerprint density at radius 1 is 0.810 bits per heavy atom. The van der Waals surface area contributed by atoms with Crippen molar-refractivity contribution in [1.29, 1.82) is 0 Å². The van der Waals surface area contributed by atoms with E-state index in [1.807, 2.05) is 0 Å². The molecule has 0 spiro atoms. The predicted molar refractivity (Wildman–Crippen MR) is 181 cm³/mol. The number of ether oxygens (including phenoxy) is 1. The fourth-order valence-corrected chi connectivity index (χ4v) is 14.1. The minimum Gasteiger partial charge on any atom is -0.469 e. The molecule has 0 saturated heterocycles. The van der Waals surface area contributed by atoms with Gasteiger partial charge in [0.25, 0.3) is 0 Å². The summed E-state index contributed by atoms with van der Waals surface area (Å²) in [4.78, 5) is 12.1. The van der Waals surface area contributed by atoms with Gasteiger partial charge in [0.05, 0.1) is 13.2 Å².